The van der Waals surface area contributed by atoms with Gasteiger partial charge in [0.05, 0.1) is 11.2 Å². The highest BCUT2D eigenvalue weighted by atomic mass is 16.5. The Morgan fingerprint density at radius 1 is 1.15 bits per heavy atom. The lowest BCUT2D eigenvalue weighted by molar-refractivity contribution is -0.0823. The van der Waals surface area contributed by atoms with Crippen LogP contribution >= 0.6 is 0 Å². The summed E-state index contributed by atoms with van der Waals surface area (Å²) in [6.07, 6.45) is 8.05. The Balaban J connectivity index is 1.36. The SMILES string of the molecule is O=C(NC1CCOC2(CCCC2)C1)c1ccc(Oc2ccccc2)nc1. The van der Waals surface area contributed by atoms with Crippen LogP contribution < -0.4 is 10.1 Å². The van der Waals surface area contributed by atoms with E-state index in [-0.39, 0.29) is 17.6 Å². The zero-order chi connectivity index (χ0) is 17.8. The van der Waals surface area contributed by atoms with Crippen molar-refractivity contribution < 1.29 is 14.3 Å². The molecule has 1 spiro atoms. The second-order valence-corrected chi connectivity index (χ2v) is 7.20. The molecule has 136 valence electrons. The minimum absolute atomic E-state index is 0.00181. The monoisotopic (exact) mass is 352 g/mol. The van der Waals surface area contributed by atoms with Crippen LogP contribution in [-0.2, 0) is 4.74 Å². The van der Waals surface area contributed by atoms with Crippen molar-refractivity contribution in [2.45, 2.75) is 50.2 Å². The molecular weight excluding hydrogens is 328 g/mol. The number of carbonyl (C=O) groups is 1. The van der Waals surface area contributed by atoms with Gasteiger partial charge in [0.1, 0.15) is 5.75 Å². The van der Waals surface area contributed by atoms with E-state index in [9.17, 15) is 4.79 Å². The van der Waals surface area contributed by atoms with Crippen LogP contribution in [0.25, 0.3) is 0 Å². The van der Waals surface area contributed by atoms with Gasteiger partial charge in [-0.1, -0.05) is 31.0 Å². The lowest BCUT2D eigenvalue weighted by Crippen LogP contribution is -2.47. The highest BCUT2D eigenvalue weighted by Crippen LogP contribution is 2.40. The minimum Gasteiger partial charge on any atom is -0.439 e. The predicted molar refractivity (Wildman–Crippen MR) is 98.4 cm³/mol. The van der Waals surface area contributed by atoms with E-state index in [4.69, 9.17) is 9.47 Å². The van der Waals surface area contributed by atoms with Crippen molar-refractivity contribution in [2.75, 3.05) is 6.61 Å². The molecule has 1 aliphatic heterocycles. The number of carbonyl (C=O) groups excluding carboxylic acids is 1. The van der Waals surface area contributed by atoms with Crippen molar-refractivity contribution in [3.63, 3.8) is 0 Å². The average Bonchev–Trinajstić information content (AvgIpc) is 3.10. The number of hydrogen-bond donors (Lipinski definition) is 1. The zero-order valence-corrected chi connectivity index (χ0v) is 14.8. The summed E-state index contributed by atoms with van der Waals surface area (Å²) in [6.45, 7) is 0.729. The summed E-state index contributed by atoms with van der Waals surface area (Å²) >= 11 is 0. The molecule has 2 aromatic rings. The maximum atomic E-state index is 12.6. The average molecular weight is 352 g/mol. The summed E-state index contributed by atoms with van der Waals surface area (Å²) in [4.78, 5) is 16.8. The Hall–Kier alpha value is -2.40. The fourth-order valence-electron chi connectivity index (χ4n) is 3.97. The fourth-order valence-corrected chi connectivity index (χ4v) is 3.97. The summed E-state index contributed by atoms with van der Waals surface area (Å²) in [5, 5.41) is 3.16. The lowest BCUT2D eigenvalue weighted by Gasteiger charge is -2.38. The molecule has 1 aromatic carbocycles. The first-order valence-corrected chi connectivity index (χ1v) is 9.36. The summed E-state index contributed by atoms with van der Waals surface area (Å²) in [7, 11) is 0. The molecule has 1 saturated heterocycles. The molecule has 1 saturated carbocycles. The van der Waals surface area contributed by atoms with E-state index in [0.29, 0.717) is 11.4 Å². The van der Waals surface area contributed by atoms with E-state index in [0.717, 1.165) is 38.0 Å². The van der Waals surface area contributed by atoms with E-state index < -0.39 is 0 Å². The van der Waals surface area contributed by atoms with Gasteiger partial charge in [0, 0.05) is 24.9 Å². The smallest absolute Gasteiger partial charge is 0.253 e. The Labute approximate surface area is 153 Å². The first-order valence-electron chi connectivity index (χ1n) is 9.36. The molecule has 2 heterocycles. The summed E-state index contributed by atoms with van der Waals surface area (Å²) < 4.78 is 11.7. The number of aromatic nitrogens is 1. The number of hydrogen-bond acceptors (Lipinski definition) is 4. The summed E-state index contributed by atoms with van der Waals surface area (Å²) in [6, 6.07) is 13.1. The van der Waals surface area contributed by atoms with Gasteiger partial charge in [0.2, 0.25) is 5.88 Å². The van der Waals surface area contributed by atoms with Crippen LogP contribution in [0.5, 0.6) is 11.6 Å². The molecule has 0 bridgehead atoms. The van der Waals surface area contributed by atoms with Gasteiger partial charge in [0.25, 0.3) is 5.91 Å². The van der Waals surface area contributed by atoms with Gasteiger partial charge in [-0.05, 0) is 43.9 Å². The van der Waals surface area contributed by atoms with E-state index in [1.54, 1.807) is 18.3 Å². The van der Waals surface area contributed by atoms with Crippen molar-refractivity contribution in [1.29, 1.82) is 0 Å². The molecule has 2 aliphatic rings. The molecule has 1 aromatic heterocycles. The van der Waals surface area contributed by atoms with E-state index >= 15 is 0 Å². The number of ether oxygens (including phenoxy) is 2. The maximum absolute atomic E-state index is 12.6. The third-order valence-electron chi connectivity index (χ3n) is 5.31. The fraction of sp³-hybridized carbons (Fsp3) is 0.429. The summed E-state index contributed by atoms with van der Waals surface area (Å²) in [5.41, 5.74) is 0.555. The zero-order valence-electron chi connectivity index (χ0n) is 14.8. The molecule has 1 aliphatic carbocycles. The van der Waals surface area contributed by atoms with Crippen molar-refractivity contribution in [2.24, 2.45) is 0 Å². The van der Waals surface area contributed by atoms with Gasteiger partial charge in [-0.15, -0.1) is 0 Å². The Morgan fingerprint density at radius 3 is 2.69 bits per heavy atom. The van der Waals surface area contributed by atoms with Crippen LogP contribution in [0.1, 0.15) is 48.9 Å². The van der Waals surface area contributed by atoms with Crippen molar-refractivity contribution in [1.82, 2.24) is 10.3 Å². The van der Waals surface area contributed by atoms with Crippen LogP contribution in [-0.4, -0.2) is 29.1 Å². The highest BCUT2D eigenvalue weighted by Gasteiger charge is 2.40. The minimum atomic E-state index is -0.0798. The highest BCUT2D eigenvalue weighted by molar-refractivity contribution is 5.94. The number of nitrogens with zero attached hydrogens (tertiary/aromatic N) is 1. The molecule has 1 amide bonds. The molecule has 1 N–H and O–H groups in total. The van der Waals surface area contributed by atoms with E-state index in [1.807, 2.05) is 30.3 Å². The number of amides is 1. The van der Waals surface area contributed by atoms with Crippen LogP contribution in [0.3, 0.4) is 0 Å². The molecule has 1 unspecified atom stereocenters. The lowest BCUT2D eigenvalue weighted by atomic mass is 9.89. The number of pyridine rings is 1. The number of rotatable bonds is 4. The first-order chi connectivity index (χ1) is 12.7. The summed E-state index contributed by atoms with van der Waals surface area (Å²) in [5.74, 6) is 1.12. The Bertz CT molecular complexity index is 740. The normalized spacial score (nSPS) is 21.5. The number of para-hydroxylation sites is 1. The van der Waals surface area contributed by atoms with Crippen LogP contribution in [0, 0.1) is 0 Å². The first kappa shape index (κ1) is 17.0. The quantitative estimate of drug-likeness (QED) is 0.900. The topological polar surface area (TPSA) is 60.5 Å². The van der Waals surface area contributed by atoms with Crippen LogP contribution in [0.15, 0.2) is 48.7 Å². The van der Waals surface area contributed by atoms with Crippen molar-refractivity contribution in [3.05, 3.63) is 54.2 Å². The largest absolute Gasteiger partial charge is 0.439 e. The third kappa shape index (κ3) is 3.88. The van der Waals surface area contributed by atoms with Gasteiger partial charge in [-0.2, -0.15) is 0 Å². The molecular formula is C21H24N2O3. The van der Waals surface area contributed by atoms with Crippen LogP contribution in [0.4, 0.5) is 0 Å². The third-order valence-corrected chi connectivity index (χ3v) is 5.31. The molecule has 5 nitrogen and oxygen atoms in total. The molecule has 2 fully saturated rings. The van der Waals surface area contributed by atoms with Gasteiger partial charge in [-0.25, -0.2) is 4.98 Å². The Kier molecular flexibility index (Phi) is 4.89. The van der Waals surface area contributed by atoms with E-state index in [2.05, 4.69) is 10.3 Å². The predicted octanol–water partition coefficient (Wildman–Crippen LogP) is 4.10. The second kappa shape index (κ2) is 7.46. The molecule has 4 rings (SSSR count). The second-order valence-electron chi connectivity index (χ2n) is 7.20. The maximum Gasteiger partial charge on any atom is 0.253 e. The van der Waals surface area contributed by atoms with Crippen molar-refractivity contribution >= 4 is 5.91 Å². The molecule has 1 atom stereocenters. The van der Waals surface area contributed by atoms with Gasteiger partial charge < -0.3 is 14.8 Å². The number of benzene rings is 1. The molecule has 0 radical (unpaired) electrons. The van der Waals surface area contributed by atoms with Gasteiger partial charge in [0.15, 0.2) is 0 Å². The molecule has 26 heavy (non-hydrogen) atoms. The standard InChI is InChI=1S/C21H24N2O3/c24-20(23-17-10-13-25-21(14-17)11-4-5-12-21)16-8-9-19(22-15-16)26-18-6-2-1-3-7-18/h1-3,6-9,15,17H,4-5,10-14H2,(H,23,24). The number of nitrogens with one attached hydrogen (secondary N) is 1. The van der Waals surface area contributed by atoms with Crippen LogP contribution in [0.2, 0.25) is 0 Å². The van der Waals surface area contributed by atoms with Gasteiger partial charge >= 0.3 is 0 Å². The Morgan fingerprint density at radius 2 is 1.96 bits per heavy atom. The van der Waals surface area contributed by atoms with E-state index in [1.165, 1.54) is 12.8 Å². The molecule has 5 heteroatoms. The van der Waals surface area contributed by atoms with Crippen molar-refractivity contribution in [3.8, 4) is 11.6 Å². The van der Waals surface area contributed by atoms with Gasteiger partial charge in [-0.3, -0.25) is 4.79 Å².